The molecule has 2 heterocycles. The molecular weight excluding hydrogens is 380 g/mol. The molecule has 8 heteroatoms. The number of aryl methyl sites for hydroxylation is 1. The molecule has 7 nitrogen and oxygen atoms in total. The number of halogens is 1. The Labute approximate surface area is 170 Å². The Morgan fingerprint density at radius 1 is 1.25 bits per heavy atom. The summed E-state index contributed by atoms with van der Waals surface area (Å²) in [6, 6.07) is 7.22. The number of morpholine rings is 1. The van der Waals surface area contributed by atoms with Crippen molar-refractivity contribution >= 4 is 17.5 Å². The summed E-state index contributed by atoms with van der Waals surface area (Å²) in [5, 5.41) is 7.57. The van der Waals surface area contributed by atoms with Crippen molar-refractivity contribution in [2.75, 3.05) is 26.2 Å². The largest absolute Gasteiger partial charge is 0.373 e. The van der Waals surface area contributed by atoms with E-state index in [1.165, 1.54) is 0 Å². The van der Waals surface area contributed by atoms with Crippen LogP contribution in [0.25, 0.3) is 11.4 Å². The summed E-state index contributed by atoms with van der Waals surface area (Å²) < 4.78 is 11.0. The van der Waals surface area contributed by atoms with E-state index in [4.69, 9.17) is 20.9 Å². The molecule has 2 aromatic rings. The number of nitrogens with zero attached hydrogens (tertiary/aromatic N) is 3. The Morgan fingerprint density at radius 2 is 1.96 bits per heavy atom. The molecule has 152 valence electrons. The minimum atomic E-state index is -0.00467. The summed E-state index contributed by atoms with van der Waals surface area (Å²) in [6.45, 7) is 7.72. The molecule has 0 bridgehead atoms. The fourth-order valence-corrected chi connectivity index (χ4v) is 3.50. The first-order valence-corrected chi connectivity index (χ1v) is 10.1. The van der Waals surface area contributed by atoms with Crippen molar-refractivity contribution in [1.29, 1.82) is 0 Å². The number of ether oxygens (including phenoxy) is 1. The van der Waals surface area contributed by atoms with Crippen LogP contribution in [0.1, 0.15) is 32.6 Å². The molecule has 2 atom stereocenters. The van der Waals surface area contributed by atoms with Gasteiger partial charge in [0.05, 0.1) is 12.2 Å². The van der Waals surface area contributed by atoms with Crippen molar-refractivity contribution in [2.45, 2.75) is 45.3 Å². The van der Waals surface area contributed by atoms with Crippen LogP contribution >= 0.6 is 11.6 Å². The number of hydrogen-bond acceptors (Lipinski definition) is 6. The Morgan fingerprint density at radius 3 is 2.68 bits per heavy atom. The van der Waals surface area contributed by atoms with Gasteiger partial charge in [-0.3, -0.25) is 9.69 Å². The predicted octanol–water partition coefficient (Wildman–Crippen LogP) is 2.94. The summed E-state index contributed by atoms with van der Waals surface area (Å²) >= 11 is 5.88. The lowest BCUT2D eigenvalue weighted by atomic mass is 10.2. The van der Waals surface area contributed by atoms with Crippen molar-refractivity contribution < 1.29 is 14.1 Å². The molecule has 0 saturated carbocycles. The predicted molar refractivity (Wildman–Crippen MR) is 107 cm³/mol. The van der Waals surface area contributed by atoms with Crippen LogP contribution in [0.15, 0.2) is 28.8 Å². The second-order valence-corrected chi connectivity index (χ2v) is 7.68. The highest BCUT2D eigenvalue weighted by Crippen LogP contribution is 2.19. The maximum atomic E-state index is 12.0. The Hall–Kier alpha value is -1.96. The minimum Gasteiger partial charge on any atom is -0.373 e. The monoisotopic (exact) mass is 406 g/mol. The lowest BCUT2D eigenvalue weighted by Crippen LogP contribution is -2.46. The van der Waals surface area contributed by atoms with E-state index in [1.54, 1.807) is 12.1 Å². The van der Waals surface area contributed by atoms with Crippen LogP contribution in [-0.2, 0) is 16.0 Å². The Kier molecular flexibility index (Phi) is 7.42. The van der Waals surface area contributed by atoms with E-state index in [2.05, 4.69) is 34.2 Å². The second-order valence-electron chi connectivity index (χ2n) is 7.24. The Balaban J connectivity index is 1.34. The first-order chi connectivity index (χ1) is 13.5. The molecule has 3 rings (SSSR count). The third-order valence-electron chi connectivity index (χ3n) is 4.60. The molecule has 1 saturated heterocycles. The van der Waals surface area contributed by atoms with E-state index in [9.17, 15) is 4.79 Å². The molecule has 1 aromatic heterocycles. The van der Waals surface area contributed by atoms with Gasteiger partial charge in [-0.15, -0.1) is 0 Å². The molecule has 1 aliphatic rings. The van der Waals surface area contributed by atoms with Gasteiger partial charge >= 0.3 is 0 Å². The van der Waals surface area contributed by atoms with E-state index in [0.29, 0.717) is 36.1 Å². The first kappa shape index (κ1) is 20.8. The molecule has 0 spiro atoms. The van der Waals surface area contributed by atoms with Crippen LogP contribution in [0.3, 0.4) is 0 Å². The molecule has 1 N–H and O–H groups in total. The van der Waals surface area contributed by atoms with Gasteiger partial charge in [0.1, 0.15) is 0 Å². The van der Waals surface area contributed by atoms with Crippen LogP contribution in [-0.4, -0.2) is 59.3 Å². The van der Waals surface area contributed by atoms with Crippen LogP contribution in [0.5, 0.6) is 0 Å². The van der Waals surface area contributed by atoms with Gasteiger partial charge in [-0.05, 0) is 44.5 Å². The van der Waals surface area contributed by atoms with Crippen LogP contribution in [0, 0.1) is 0 Å². The normalized spacial score (nSPS) is 20.2. The average molecular weight is 407 g/mol. The number of nitrogens with one attached hydrogen (secondary N) is 1. The van der Waals surface area contributed by atoms with E-state index < -0.39 is 0 Å². The van der Waals surface area contributed by atoms with Crippen molar-refractivity contribution in [3.8, 4) is 11.4 Å². The van der Waals surface area contributed by atoms with E-state index in [-0.39, 0.29) is 18.1 Å². The molecule has 28 heavy (non-hydrogen) atoms. The van der Waals surface area contributed by atoms with Crippen molar-refractivity contribution in [3.63, 3.8) is 0 Å². The minimum absolute atomic E-state index is 0.00467. The summed E-state index contributed by atoms with van der Waals surface area (Å²) in [4.78, 5) is 18.8. The van der Waals surface area contributed by atoms with Gasteiger partial charge in [0.15, 0.2) is 0 Å². The molecule has 1 amide bonds. The zero-order valence-electron chi connectivity index (χ0n) is 16.4. The maximum absolute atomic E-state index is 12.0. The van der Waals surface area contributed by atoms with E-state index in [1.807, 2.05) is 12.1 Å². The van der Waals surface area contributed by atoms with Crippen LogP contribution in [0.2, 0.25) is 5.02 Å². The topological polar surface area (TPSA) is 80.5 Å². The summed E-state index contributed by atoms with van der Waals surface area (Å²) in [7, 11) is 0. The van der Waals surface area contributed by atoms with Crippen molar-refractivity contribution in [2.24, 2.45) is 0 Å². The van der Waals surface area contributed by atoms with Crippen molar-refractivity contribution in [3.05, 3.63) is 35.2 Å². The Bertz CT molecular complexity index is 755. The summed E-state index contributed by atoms with van der Waals surface area (Å²) in [5.74, 6) is 0.951. The zero-order chi connectivity index (χ0) is 19.9. The highest BCUT2D eigenvalue weighted by molar-refractivity contribution is 6.30. The van der Waals surface area contributed by atoms with Crippen LogP contribution < -0.4 is 5.32 Å². The van der Waals surface area contributed by atoms with Gasteiger partial charge in [0.25, 0.3) is 0 Å². The average Bonchev–Trinajstić information content (AvgIpc) is 3.12. The maximum Gasteiger partial charge on any atom is 0.227 e. The third-order valence-corrected chi connectivity index (χ3v) is 4.86. The van der Waals surface area contributed by atoms with Gasteiger partial charge in [-0.2, -0.15) is 4.98 Å². The second kappa shape index (κ2) is 10.0. The fraction of sp³-hybridized carbons (Fsp3) is 0.550. The lowest BCUT2D eigenvalue weighted by Gasteiger charge is -2.35. The highest BCUT2D eigenvalue weighted by atomic mass is 35.5. The molecule has 1 aromatic carbocycles. The van der Waals surface area contributed by atoms with Gasteiger partial charge < -0.3 is 14.6 Å². The zero-order valence-corrected chi connectivity index (χ0v) is 17.1. The molecule has 0 aliphatic carbocycles. The molecule has 2 unspecified atom stereocenters. The molecular formula is C20H27ClN4O3. The molecule has 0 radical (unpaired) electrons. The van der Waals surface area contributed by atoms with E-state index >= 15 is 0 Å². The smallest absolute Gasteiger partial charge is 0.227 e. The van der Waals surface area contributed by atoms with Crippen molar-refractivity contribution in [1.82, 2.24) is 20.4 Å². The van der Waals surface area contributed by atoms with Crippen LogP contribution in [0.4, 0.5) is 0 Å². The van der Waals surface area contributed by atoms with Gasteiger partial charge in [0.2, 0.25) is 17.6 Å². The number of amides is 1. The summed E-state index contributed by atoms with van der Waals surface area (Å²) in [5.41, 5.74) is 0.829. The summed E-state index contributed by atoms with van der Waals surface area (Å²) in [6.07, 6.45) is 2.21. The number of hydrogen-bond donors (Lipinski definition) is 1. The first-order valence-electron chi connectivity index (χ1n) is 9.72. The number of carbonyl (C=O) groups is 1. The fourth-order valence-electron chi connectivity index (χ4n) is 3.38. The highest BCUT2D eigenvalue weighted by Gasteiger charge is 2.21. The standard InChI is InChI=1S/C20H27ClN4O3/c1-14-12-25(13-15(2)27-14)11-3-10-22-18(26)8-9-19-23-20(24-28-19)16-4-6-17(21)7-5-16/h4-7,14-15H,3,8-13H2,1-2H3,(H,22,26). The quantitative estimate of drug-likeness (QED) is 0.679. The van der Waals surface area contributed by atoms with Gasteiger partial charge in [0, 0.05) is 49.6 Å². The van der Waals surface area contributed by atoms with E-state index in [0.717, 1.165) is 31.6 Å². The molecule has 1 fully saturated rings. The number of aromatic nitrogens is 2. The third kappa shape index (κ3) is 6.29. The molecule has 1 aliphatic heterocycles. The number of carbonyl (C=O) groups excluding carboxylic acids is 1. The number of benzene rings is 1. The lowest BCUT2D eigenvalue weighted by molar-refractivity contribution is -0.121. The number of rotatable bonds is 8. The SMILES string of the molecule is CC1CN(CCCNC(=O)CCc2nc(-c3ccc(Cl)cc3)no2)CC(C)O1. The van der Waals surface area contributed by atoms with Gasteiger partial charge in [-0.1, -0.05) is 16.8 Å². The van der Waals surface area contributed by atoms with Gasteiger partial charge in [-0.25, -0.2) is 0 Å².